The molecule has 174 valence electrons. The highest BCUT2D eigenvalue weighted by molar-refractivity contribution is 5.95. The molecule has 0 atom stereocenters. The lowest BCUT2D eigenvalue weighted by atomic mass is 10.1. The number of nitrogens with one attached hydrogen (secondary N) is 2. The third-order valence-electron chi connectivity index (χ3n) is 5.47. The van der Waals surface area contributed by atoms with Crippen LogP contribution in [0, 0.1) is 0 Å². The molecule has 5 rings (SSSR count). The monoisotopic (exact) mass is 465 g/mol. The van der Waals surface area contributed by atoms with Gasteiger partial charge in [-0.25, -0.2) is 14.6 Å². The van der Waals surface area contributed by atoms with E-state index >= 15 is 0 Å². The van der Waals surface area contributed by atoms with Crippen LogP contribution < -0.4 is 15.4 Å². The molecule has 0 saturated carbocycles. The summed E-state index contributed by atoms with van der Waals surface area (Å²) in [5.74, 6) is 1.15. The molecule has 0 aliphatic carbocycles. The summed E-state index contributed by atoms with van der Waals surface area (Å²) in [7, 11) is 1.64. The molecule has 0 aliphatic rings. The Labute approximate surface area is 201 Å². The van der Waals surface area contributed by atoms with Crippen LogP contribution in [0.25, 0.3) is 11.2 Å². The minimum absolute atomic E-state index is 0.157. The number of ether oxygens (including phenoxy) is 1. The van der Waals surface area contributed by atoms with Crippen molar-refractivity contribution in [1.82, 2.24) is 30.3 Å². The molecule has 9 nitrogen and oxygen atoms in total. The lowest BCUT2D eigenvalue weighted by molar-refractivity contribution is 0.0951. The summed E-state index contributed by atoms with van der Waals surface area (Å²) in [4.78, 5) is 21.4. The maximum atomic E-state index is 12.7. The van der Waals surface area contributed by atoms with Crippen molar-refractivity contribution < 1.29 is 9.53 Å². The number of rotatable bonds is 8. The quantitative estimate of drug-likeness (QED) is 0.357. The second-order valence-corrected chi connectivity index (χ2v) is 7.86. The summed E-state index contributed by atoms with van der Waals surface area (Å²) in [6.07, 6.45) is 1.47. The van der Waals surface area contributed by atoms with Gasteiger partial charge in [0, 0.05) is 17.8 Å². The number of amides is 1. The third-order valence-corrected chi connectivity index (χ3v) is 5.47. The van der Waals surface area contributed by atoms with Gasteiger partial charge in [-0.2, -0.15) is 0 Å². The van der Waals surface area contributed by atoms with Crippen LogP contribution in [0.15, 0.2) is 85.2 Å². The Kier molecular flexibility index (Phi) is 6.29. The van der Waals surface area contributed by atoms with Crippen molar-refractivity contribution in [1.29, 1.82) is 0 Å². The molecule has 0 aliphatic heterocycles. The molecule has 2 N–H and O–H groups in total. The van der Waals surface area contributed by atoms with Crippen LogP contribution in [0.4, 0.5) is 11.5 Å². The predicted molar refractivity (Wildman–Crippen MR) is 133 cm³/mol. The number of hydrogen-bond donors (Lipinski definition) is 2. The normalized spacial score (nSPS) is 10.8. The lowest BCUT2D eigenvalue weighted by Crippen LogP contribution is -2.22. The highest BCUT2D eigenvalue weighted by Gasteiger charge is 2.13. The van der Waals surface area contributed by atoms with Crippen LogP contribution in [0.3, 0.4) is 0 Å². The second-order valence-electron chi connectivity index (χ2n) is 7.86. The number of carbonyl (C=O) groups excluding carboxylic acids is 1. The van der Waals surface area contributed by atoms with Crippen molar-refractivity contribution in [3.8, 4) is 5.75 Å². The third kappa shape index (κ3) is 5.09. The zero-order valence-corrected chi connectivity index (χ0v) is 19.0. The summed E-state index contributed by atoms with van der Waals surface area (Å²) in [5.41, 5.74) is 4.48. The number of fused-ring (bicyclic) bond motifs is 1. The maximum absolute atomic E-state index is 12.7. The minimum atomic E-state index is -0.157. The average Bonchev–Trinajstić information content (AvgIpc) is 3.32. The first-order valence-electron chi connectivity index (χ1n) is 11.1. The van der Waals surface area contributed by atoms with E-state index < -0.39 is 0 Å². The number of aromatic nitrogens is 5. The number of anilines is 2. The molecule has 0 unspecified atom stereocenters. The minimum Gasteiger partial charge on any atom is -0.497 e. The van der Waals surface area contributed by atoms with Gasteiger partial charge in [-0.05, 0) is 41.5 Å². The van der Waals surface area contributed by atoms with Crippen LogP contribution >= 0.6 is 0 Å². The fourth-order valence-electron chi connectivity index (χ4n) is 3.65. The second kappa shape index (κ2) is 10.0. The first-order chi connectivity index (χ1) is 17.2. The number of benzene rings is 3. The number of nitrogens with zero attached hydrogens (tertiary/aromatic N) is 5. The van der Waals surface area contributed by atoms with Gasteiger partial charge in [0.2, 0.25) is 0 Å². The number of hydrogen-bond acceptors (Lipinski definition) is 7. The Morgan fingerprint density at radius 1 is 0.943 bits per heavy atom. The van der Waals surface area contributed by atoms with Crippen molar-refractivity contribution in [2.45, 2.75) is 13.1 Å². The van der Waals surface area contributed by atoms with Crippen LogP contribution in [0.5, 0.6) is 5.75 Å². The fraction of sp³-hybridized carbons (Fsp3) is 0.115. The summed E-state index contributed by atoms with van der Waals surface area (Å²) in [5, 5.41) is 14.7. The van der Waals surface area contributed by atoms with Crippen LogP contribution in [-0.4, -0.2) is 38.0 Å². The molecule has 5 aromatic rings. The van der Waals surface area contributed by atoms with Gasteiger partial charge in [0.05, 0.1) is 13.7 Å². The SMILES string of the molecule is COc1ccc(Cn2nnc3c(Nc4cccc(C(=O)NCc5ccccc5)c4)ncnc32)cc1. The Balaban J connectivity index is 1.32. The Morgan fingerprint density at radius 3 is 2.57 bits per heavy atom. The van der Waals surface area contributed by atoms with E-state index in [2.05, 4.69) is 30.9 Å². The van der Waals surface area contributed by atoms with Gasteiger partial charge in [-0.15, -0.1) is 5.10 Å². The van der Waals surface area contributed by atoms with Crippen LogP contribution in [0.2, 0.25) is 0 Å². The largest absolute Gasteiger partial charge is 0.497 e. The molecule has 0 fully saturated rings. The van der Waals surface area contributed by atoms with E-state index in [1.54, 1.807) is 23.9 Å². The van der Waals surface area contributed by atoms with E-state index in [-0.39, 0.29) is 5.91 Å². The van der Waals surface area contributed by atoms with E-state index in [1.165, 1.54) is 6.33 Å². The topological polar surface area (TPSA) is 107 Å². The molecule has 0 spiro atoms. The van der Waals surface area contributed by atoms with Gasteiger partial charge in [0.15, 0.2) is 17.0 Å². The summed E-state index contributed by atoms with van der Waals surface area (Å²) >= 11 is 0. The molecule has 0 saturated heterocycles. The molecule has 3 aromatic carbocycles. The standard InChI is InChI=1S/C26H23N7O2/c1-35-22-12-10-19(11-13-22)16-33-25-23(31-32-33)24(28-17-29-25)30-21-9-5-8-20(14-21)26(34)27-15-18-6-3-2-4-7-18/h2-14,17H,15-16H2,1H3,(H,27,34)(H,28,29,30). The van der Waals surface area contributed by atoms with Gasteiger partial charge in [0.1, 0.15) is 12.1 Å². The molecular weight excluding hydrogens is 442 g/mol. The Hall–Kier alpha value is -4.79. The highest BCUT2D eigenvalue weighted by Crippen LogP contribution is 2.22. The van der Waals surface area contributed by atoms with Gasteiger partial charge in [-0.1, -0.05) is 53.7 Å². The van der Waals surface area contributed by atoms with E-state index in [0.29, 0.717) is 41.3 Å². The van der Waals surface area contributed by atoms with Gasteiger partial charge >= 0.3 is 0 Å². The Morgan fingerprint density at radius 2 is 1.77 bits per heavy atom. The van der Waals surface area contributed by atoms with Crippen LogP contribution in [-0.2, 0) is 13.1 Å². The highest BCUT2D eigenvalue weighted by atomic mass is 16.5. The number of methoxy groups -OCH3 is 1. The molecule has 1 amide bonds. The van der Waals surface area contributed by atoms with Crippen molar-refractivity contribution in [3.05, 3.63) is 102 Å². The van der Waals surface area contributed by atoms with Crippen molar-refractivity contribution in [2.24, 2.45) is 0 Å². The number of carbonyl (C=O) groups is 1. The molecule has 0 radical (unpaired) electrons. The molecule has 2 aromatic heterocycles. The van der Waals surface area contributed by atoms with E-state index in [1.807, 2.05) is 66.7 Å². The maximum Gasteiger partial charge on any atom is 0.251 e. The van der Waals surface area contributed by atoms with Gasteiger partial charge in [0.25, 0.3) is 5.91 Å². The van der Waals surface area contributed by atoms with Crippen molar-refractivity contribution in [3.63, 3.8) is 0 Å². The fourth-order valence-corrected chi connectivity index (χ4v) is 3.65. The van der Waals surface area contributed by atoms with Crippen molar-refractivity contribution >= 4 is 28.6 Å². The average molecular weight is 466 g/mol. The lowest BCUT2D eigenvalue weighted by Gasteiger charge is -2.09. The van der Waals surface area contributed by atoms with E-state index in [0.717, 1.165) is 16.9 Å². The first-order valence-corrected chi connectivity index (χ1v) is 11.1. The van der Waals surface area contributed by atoms with E-state index in [9.17, 15) is 4.79 Å². The van der Waals surface area contributed by atoms with Crippen molar-refractivity contribution in [2.75, 3.05) is 12.4 Å². The van der Waals surface area contributed by atoms with E-state index in [4.69, 9.17) is 4.74 Å². The Bertz CT molecular complexity index is 1450. The summed E-state index contributed by atoms with van der Waals surface area (Å²) in [6.45, 7) is 0.967. The van der Waals surface area contributed by atoms with Gasteiger partial charge < -0.3 is 15.4 Å². The predicted octanol–water partition coefficient (Wildman–Crippen LogP) is 3.95. The van der Waals surface area contributed by atoms with Crippen LogP contribution in [0.1, 0.15) is 21.5 Å². The zero-order chi connectivity index (χ0) is 24.0. The summed E-state index contributed by atoms with van der Waals surface area (Å²) in [6, 6.07) is 24.8. The molecule has 2 heterocycles. The first kappa shape index (κ1) is 22.0. The zero-order valence-electron chi connectivity index (χ0n) is 19.0. The van der Waals surface area contributed by atoms with Gasteiger partial charge in [-0.3, -0.25) is 4.79 Å². The molecular formula is C26H23N7O2. The summed E-state index contributed by atoms with van der Waals surface area (Å²) < 4.78 is 6.93. The smallest absolute Gasteiger partial charge is 0.251 e. The molecule has 35 heavy (non-hydrogen) atoms. The molecule has 9 heteroatoms. The molecule has 0 bridgehead atoms.